The summed E-state index contributed by atoms with van der Waals surface area (Å²) in [7, 11) is 0. The van der Waals surface area contributed by atoms with Gasteiger partial charge in [-0.05, 0) is 6.07 Å². The van der Waals surface area contributed by atoms with Gasteiger partial charge in [-0.15, -0.1) is 0 Å². The Morgan fingerprint density at radius 3 is 2.76 bits per heavy atom. The number of non-ortho nitro benzene ring substituents is 1. The molecule has 0 N–H and O–H groups in total. The Bertz CT molecular complexity index is 1010. The van der Waals surface area contributed by atoms with Crippen LogP contribution in [-0.4, -0.2) is 35.0 Å². The number of nitro groups is 1. The highest BCUT2D eigenvalue weighted by molar-refractivity contribution is 6.10. The maximum absolute atomic E-state index is 12.5. The number of fused-ring (bicyclic) bond motifs is 2. The molecule has 148 valence electrons. The molecule has 0 aliphatic carbocycles. The van der Waals surface area contributed by atoms with Crippen LogP contribution >= 0.6 is 0 Å². The number of nitro benzene ring substituents is 1. The Kier molecular flexibility index (Phi) is 4.73. The van der Waals surface area contributed by atoms with Gasteiger partial charge < -0.3 is 14.2 Å². The monoisotopic (exact) mass is 396 g/mol. The van der Waals surface area contributed by atoms with Crippen molar-refractivity contribution in [2.45, 2.75) is 13.2 Å². The van der Waals surface area contributed by atoms with E-state index in [2.05, 4.69) is 6.58 Å². The van der Waals surface area contributed by atoms with E-state index in [1.54, 1.807) is 24.3 Å². The molecular formula is C20H16N2O7. The molecule has 2 aromatic carbocycles. The Morgan fingerprint density at radius 1 is 1.28 bits per heavy atom. The predicted octanol–water partition coefficient (Wildman–Crippen LogP) is 2.63. The fourth-order valence-corrected chi connectivity index (χ4v) is 3.33. The first-order chi connectivity index (χ1) is 14.0. The van der Waals surface area contributed by atoms with Gasteiger partial charge in [0.15, 0.2) is 6.79 Å². The van der Waals surface area contributed by atoms with Crippen molar-refractivity contribution in [2.24, 2.45) is 0 Å². The average molecular weight is 396 g/mol. The number of rotatable bonds is 5. The molecule has 0 spiro atoms. The number of ether oxygens (including phenoxy) is 3. The van der Waals surface area contributed by atoms with E-state index in [0.29, 0.717) is 33.7 Å². The molecule has 29 heavy (non-hydrogen) atoms. The van der Waals surface area contributed by atoms with E-state index in [1.165, 1.54) is 17.0 Å². The number of nitrogens with zero attached hydrogens (tertiary/aromatic N) is 2. The molecule has 0 fully saturated rings. The van der Waals surface area contributed by atoms with Crippen LogP contribution in [0.15, 0.2) is 43.0 Å². The largest absolute Gasteiger partial charge is 0.467 e. The van der Waals surface area contributed by atoms with Crippen LogP contribution in [0.25, 0.3) is 5.70 Å². The topological polar surface area (TPSA) is 108 Å². The van der Waals surface area contributed by atoms with Crippen LogP contribution in [-0.2, 0) is 27.5 Å². The molecular weight excluding hydrogens is 380 g/mol. The van der Waals surface area contributed by atoms with Crippen LogP contribution in [0.4, 0.5) is 5.69 Å². The first-order valence-electron chi connectivity index (χ1n) is 8.72. The highest BCUT2D eigenvalue weighted by atomic mass is 16.7. The third-order valence-electron chi connectivity index (χ3n) is 4.70. The molecule has 0 radical (unpaired) electrons. The maximum Gasteiger partial charge on any atom is 0.326 e. The molecule has 9 nitrogen and oxygen atoms in total. The Hall–Kier alpha value is -3.72. The minimum absolute atomic E-state index is 0.00607. The van der Waals surface area contributed by atoms with Gasteiger partial charge in [0, 0.05) is 40.1 Å². The lowest BCUT2D eigenvalue weighted by Crippen LogP contribution is -2.30. The van der Waals surface area contributed by atoms with Gasteiger partial charge in [-0.2, -0.15) is 0 Å². The van der Waals surface area contributed by atoms with Crippen LogP contribution in [0.5, 0.6) is 5.75 Å². The van der Waals surface area contributed by atoms with E-state index in [1.807, 2.05) is 0 Å². The predicted molar refractivity (Wildman–Crippen MR) is 99.7 cm³/mol. The molecule has 0 unspecified atom stereocenters. The number of esters is 1. The zero-order valence-corrected chi connectivity index (χ0v) is 15.3. The van der Waals surface area contributed by atoms with Crippen LogP contribution < -0.4 is 4.74 Å². The summed E-state index contributed by atoms with van der Waals surface area (Å²) in [6.07, 6.45) is 0. The van der Waals surface area contributed by atoms with Crippen molar-refractivity contribution < 1.29 is 28.7 Å². The summed E-state index contributed by atoms with van der Waals surface area (Å²) < 4.78 is 15.8. The minimum atomic E-state index is -0.667. The molecule has 9 heteroatoms. The van der Waals surface area contributed by atoms with Crippen molar-refractivity contribution in [1.29, 1.82) is 0 Å². The summed E-state index contributed by atoms with van der Waals surface area (Å²) in [5.41, 5.74) is 2.30. The SMILES string of the molecule is C=C1c2ccccc2C(=O)N1CC(=O)OCc1cc([N+](=O)[O-])cc2c1OCOC2. The summed E-state index contributed by atoms with van der Waals surface area (Å²) in [6, 6.07) is 9.62. The second kappa shape index (κ2) is 7.36. The average Bonchev–Trinajstić information content (AvgIpc) is 2.97. The second-order valence-corrected chi connectivity index (χ2v) is 6.51. The first kappa shape index (κ1) is 18.6. The van der Waals surface area contributed by atoms with Crippen molar-refractivity contribution in [3.05, 3.63) is 75.3 Å². The molecule has 0 saturated carbocycles. The third kappa shape index (κ3) is 3.43. The first-order valence-corrected chi connectivity index (χ1v) is 8.72. The standard InChI is InChI=1S/C20H16N2O7/c1-12-16-4-2-3-5-17(16)20(24)21(12)8-18(23)28-10-14-7-15(22(25)26)6-13-9-27-11-29-19(13)14/h2-7H,1,8-11H2. The lowest BCUT2D eigenvalue weighted by Gasteiger charge is -2.21. The fourth-order valence-electron chi connectivity index (χ4n) is 3.33. The van der Waals surface area contributed by atoms with Crippen molar-refractivity contribution in [2.75, 3.05) is 13.3 Å². The van der Waals surface area contributed by atoms with Crippen LogP contribution in [0, 0.1) is 10.1 Å². The van der Waals surface area contributed by atoms with Crippen LogP contribution in [0.3, 0.4) is 0 Å². The minimum Gasteiger partial charge on any atom is -0.467 e. The Morgan fingerprint density at radius 2 is 2.03 bits per heavy atom. The summed E-state index contributed by atoms with van der Waals surface area (Å²) in [5, 5.41) is 11.1. The second-order valence-electron chi connectivity index (χ2n) is 6.51. The van der Waals surface area contributed by atoms with Crippen LogP contribution in [0.1, 0.15) is 27.0 Å². The van der Waals surface area contributed by atoms with Crippen molar-refractivity contribution >= 4 is 23.3 Å². The van der Waals surface area contributed by atoms with Crippen molar-refractivity contribution in [3.63, 3.8) is 0 Å². The highest BCUT2D eigenvalue weighted by Crippen LogP contribution is 2.34. The molecule has 0 bridgehead atoms. The summed E-state index contributed by atoms with van der Waals surface area (Å²) in [4.78, 5) is 36.7. The summed E-state index contributed by atoms with van der Waals surface area (Å²) in [5.74, 6) is -0.584. The number of amides is 1. The summed E-state index contributed by atoms with van der Waals surface area (Å²) in [6.45, 7) is 3.50. The van der Waals surface area contributed by atoms with Gasteiger partial charge >= 0.3 is 5.97 Å². The zero-order chi connectivity index (χ0) is 20.5. The van der Waals surface area contributed by atoms with E-state index >= 15 is 0 Å². The highest BCUT2D eigenvalue weighted by Gasteiger charge is 2.32. The quantitative estimate of drug-likeness (QED) is 0.434. The lowest BCUT2D eigenvalue weighted by molar-refractivity contribution is -0.385. The van der Waals surface area contributed by atoms with Gasteiger partial charge in [0.1, 0.15) is 18.9 Å². The third-order valence-corrected chi connectivity index (χ3v) is 4.70. The summed E-state index contributed by atoms with van der Waals surface area (Å²) >= 11 is 0. The molecule has 0 aromatic heterocycles. The Balaban J connectivity index is 1.47. The van der Waals surface area contributed by atoms with Gasteiger partial charge in [0.2, 0.25) is 0 Å². The molecule has 2 heterocycles. The van der Waals surface area contributed by atoms with Gasteiger partial charge in [0.05, 0.1) is 11.5 Å². The number of carbonyl (C=O) groups excluding carboxylic acids is 2. The number of carbonyl (C=O) groups is 2. The van der Waals surface area contributed by atoms with E-state index in [9.17, 15) is 19.7 Å². The van der Waals surface area contributed by atoms with E-state index in [-0.39, 0.29) is 38.1 Å². The van der Waals surface area contributed by atoms with Gasteiger partial charge in [-0.1, -0.05) is 24.8 Å². The number of hydrogen-bond donors (Lipinski definition) is 0. The Labute approximate surface area is 165 Å². The normalized spacial score (nSPS) is 14.8. The lowest BCUT2D eigenvalue weighted by atomic mass is 10.1. The fraction of sp³-hybridized carbons (Fsp3) is 0.200. The number of hydrogen-bond acceptors (Lipinski definition) is 7. The smallest absolute Gasteiger partial charge is 0.326 e. The molecule has 2 aliphatic rings. The van der Waals surface area contributed by atoms with Crippen LogP contribution in [0.2, 0.25) is 0 Å². The molecule has 2 aromatic rings. The van der Waals surface area contributed by atoms with Crippen molar-refractivity contribution in [3.8, 4) is 5.75 Å². The van der Waals surface area contributed by atoms with Gasteiger partial charge in [-0.25, -0.2) is 0 Å². The van der Waals surface area contributed by atoms with E-state index in [0.717, 1.165) is 0 Å². The van der Waals surface area contributed by atoms with E-state index < -0.39 is 10.9 Å². The van der Waals surface area contributed by atoms with E-state index in [4.69, 9.17) is 14.2 Å². The molecule has 4 rings (SSSR count). The van der Waals surface area contributed by atoms with Crippen molar-refractivity contribution in [1.82, 2.24) is 4.90 Å². The maximum atomic E-state index is 12.5. The molecule has 0 atom stereocenters. The number of benzene rings is 2. The zero-order valence-electron chi connectivity index (χ0n) is 15.3. The van der Waals surface area contributed by atoms with Gasteiger partial charge in [-0.3, -0.25) is 24.6 Å². The molecule has 2 aliphatic heterocycles. The van der Waals surface area contributed by atoms with Gasteiger partial charge in [0.25, 0.3) is 11.6 Å². The molecule has 1 amide bonds. The molecule has 0 saturated heterocycles.